The molecule has 4 N–H and O–H groups in total. The minimum Gasteiger partial charge on any atom is -0.384 e. The lowest BCUT2D eigenvalue weighted by Crippen LogP contribution is -1.98. The van der Waals surface area contributed by atoms with Crippen molar-refractivity contribution in [2.75, 3.05) is 11.5 Å². The quantitative estimate of drug-likeness (QED) is 0.821. The molecule has 2 aromatic rings. The third kappa shape index (κ3) is 2.05. The Morgan fingerprint density at radius 2 is 1.69 bits per heavy atom. The predicted octanol–water partition coefficient (Wildman–Crippen LogP) is 3.22. The number of benzene rings is 1. The third-order valence-electron chi connectivity index (χ3n) is 2.16. The van der Waals surface area contributed by atoms with Crippen molar-refractivity contribution in [3.8, 4) is 11.1 Å². The van der Waals surface area contributed by atoms with Crippen LogP contribution in [0.15, 0.2) is 30.3 Å². The van der Waals surface area contributed by atoms with E-state index in [0.29, 0.717) is 21.7 Å². The number of nitrogens with zero attached hydrogens (tertiary/aromatic N) is 1. The van der Waals surface area contributed by atoms with Crippen molar-refractivity contribution in [1.29, 1.82) is 0 Å². The Morgan fingerprint density at radius 3 is 2.38 bits per heavy atom. The maximum absolute atomic E-state index is 6.07. The SMILES string of the molecule is Nc1ccc(-c2cc(Cl)ccc2Cl)c(N)n1. The highest BCUT2D eigenvalue weighted by atomic mass is 35.5. The first-order valence-electron chi connectivity index (χ1n) is 4.55. The molecule has 0 fully saturated rings. The molecule has 2 rings (SSSR count). The van der Waals surface area contributed by atoms with Crippen molar-refractivity contribution < 1.29 is 0 Å². The summed E-state index contributed by atoms with van der Waals surface area (Å²) in [5.41, 5.74) is 12.8. The van der Waals surface area contributed by atoms with Crippen LogP contribution < -0.4 is 11.5 Å². The van der Waals surface area contributed by atoms with E-state index in [9.17, 15) is 0 Å². The molecule has 0 radical (unpaired) electrons. The Hall–Kier alpha value is -1.45. The van der Waals surface area contributed by atoms with Crippen molar-refractivity contribution >= 4 is 34.8 Å². The maximum Gasteiger partial charge on any atom is 0.133 e. The minimum atomic E-state index is 0.337. The highest BCUT2D eigenvalue weighted by molar-refractivity contribution is 6.35. The average Bonchev–Trinajstić information content (AvgIpc) is 2.22. The second kappa shape index (κ2) is 4.20. The van der Waals surface area contributed by atoms with Crippen molar-refractivity contribution in [2.24, 2.45) is 0 Å². The number of halogens is 2. The molecule has 82 valence electrons. The molecule has 0 aliphatic rings. The Kier molecular flexibility index (Phi) is 2.90. The topological polar surface area (TPSA) is 64.9 Å². The van der Waals surface area contributed by atoms with Gasteiger partial charge in [0.25, 0.3) is 0 Å². The van der Waals surface area contributed by atoms with Crippen LogP contribution in [0, 0.1) is 0 Å². The van der Waals surface area contributed by atoms with E-state index in [-0.39, 0.29) is 0 Å². The molecule has 1 heterocycles. The molecule has 0 saturated heterocycles. The normalized spacial score (nSPS) is 10.4. The molecule has 0 bridgehead atoms. The van der Waals surface area contributed by atoms with Gasteiger partial charge >= 0.3 is 0 Å². The molecular formula is C11H9Cl2N3. The van der Waals surface area contributed by atoms with E-state index in [1.54, 1.807) is 30.3 Å². The number of hydrogen-bond acceptors (Lipinski definition) is 3. The Bertz CT molecular complexity index is 541. The van der Waals surface area contributed by atoms with E-state index in [4.69, 9.17) is 34.7 Å². The van der Waals surface area contributed by atoms with E-state index in [1.807, 2.05) is 0 Å². The number of anilines is 2. The van der Waals surface area contributed by atoms with Gasteiger partial charge in [0.15, 0.2) is 0 Å². The van der Waals surface area contributed by atoms with E-state index in [1.165, 1.54) is 0 Å². The summed E-state index contributed by atoms with van der Waals surface area (Å²) in [6, 6.07) is 8.62. The van der Waals surface area contributed by atoms with E-state index >= 15 is 0 Å². The lowest BCUT2D eigenvalue weighted by atomic mass is 10.1. The fourth-order valence-electron chi connectivity index (χ4n) is 1.42. The van der Waals surface area contributed by atoms with Gasteiger partial charge in [-0.1, -0.05) is 23.2 Å². The summed E-state index contributed by atoms with van der Waals surface area (Å²) in [5.74, 6) is 0.712. The molecule has 0 amide bonds. The predicted molar refractivity (Wildman–Crippen MR) is 68.5 cm³/mol. The summed E-state index contributed by atoms with van der Waals surface area (Å²) in [4.78, 5) is 3.97. The van der Waals surface area contributed by atoms with E-state index in [0.717, 1.165) is 11.1 Å². The van der Waals surface area contributed by atoms with Crippen LogP contribution in [0.1, 0.15) is 0 Å². The van der Waals surface area contributed by atoms with Crippen LogP contribution in [0.5, 0.6) is 0 Å². The zero-order chi connectivity index (χ0) is 11.7. The molecule has 0 aliphatic carbocycles. The van der Waals surface area contributed by atoms with Crippen LogP contribution >= 0.6 is 23.2 Å². The zero-order valence-electron chi connectivity index (χ0n) is 8.24. The molecule has 0 unspecified atom stereocenters. The van der Waals surface area contributed by atoms with Crippen molar-refractivity contribution in [3.63, 3.8) is 0 Å². The summed E-state index contributed by atoms with van der Waals surface area (Å²) in [6.07, 6.45) is 0. The van der Waals surface area contributed by atoms with Crippen LogP contribution in [0.3, 0.4) is 0 Å². The van der Waals surface area contributed by atoms with Gasteiger partial charge in [0.2, 0.25) is 0 Å². The Balaban J connectivity index is 2.62. The van der Waals surface area contributed by atoms with Crippen molar-refractivity contribution in [1.82, 2.24) is 4.98 Å². The first-order chi connectivity index (χ1) is 7.58. The highest BCUT2D eigenvalue weighted by Gasteiger charge is 2.08. The van der Waals surface area contributed by atoms with Crippen LogP contribution in [0.2, 0.25) is 10.0 Å². The molecule has 3 nitrogen and oxygen atoms in total. The second-order valence-corrected chi connectivity index (χ2v) is 4.14. The smallest absolute Gasteiger partial charge is 0.133 e. The summed E-state index contributed by atoms with van der Waals surface area (Å²) in [7, 11) is 0. The lowest BCUT2D eigenvalue weighted by Gasteiger charge is -2.08. The summed E-state index contributed by atoms with van der Waals surface area (Å²) in [5, 5.41) is 1.17. The highest BCUT2D eigenvalue weighted by Crippen LogP contribution is 2.33. The van der Waals surface area contributed by atoms with Crippen LogP contribution in [-0.4, -0.2) is 4.98 Å². The van der Waals surface area contributed by atoms with E-state index < -0.39 is 0 Å². The zero-order valence-corrected chi connectivity index (χ0v) is 9.76. The Labute approximate surface area is 103 Å². The summed E-state index contributed by atoms with van der Waals surface area (Å²) < 4.78 is 0. The summed E-state index contributed by atoms with van der Waals surface area (Å²) in [6.45, 7) is 0. The van der Waals surface area contributed by atoms with Crippen molar-refractivity contribution in [2.45, 2.75) is 0 Å². The van der Waals surface area contributed by atoms with Gasteiger partial charge in [0.05, 0.1) is 0 Å². The fourth-order valence-corrected chi connectivity index (χ4v) is 1.81. The first-order valence-corrected chi connectivity index (χ1v) is 5.31. The standard InChI is InChI=1S/C11H9Cl2N3/c12-6-1-3-9(13)8(5-6)7-2-4-10(14)16-11(7)15/h1-5H,(H4,14,15,16). The largest absolute Gasteiger partial charge is 0.384 e. The van der Waals surface area contributed by atoms with Gasteiger partial charge in [0.1, 0.15) is 11.6 Å². The number of nitrogens with two attached hydrogens (primary N) is 2. The van der Waals surface area contributed by atoms with Gasteiger partial charge in [-0.15, -0.1) is 0 Å². The first kappa shape index (κ1) is 11.0. The molecule has 0 saturated carbocycles. The Morgan fingerprint density at radius 1 is 0.938 bits per heavy atom. The second-order valence-electron chi connectivity index (χ2n) is 3.29. The molecule has 1 aromatic heterocycles. The summed E-state index contributed by atoms with van der Waals surface area (Å²) >= 11 is 12.0. The molecule has 0 atom stereocenters. The van der Waals surface area contributed by atoms with Gasteiger partial charge in [-0.25, -0.2) is 4.98 Å². The number of aromatic nitrogens is 1. The molecule has 0 spiro atoms. The monoisotopic (exact) mass is 253 g/mol. The average molecular weight is 254 g/mol. The molecule has 1 aromatic carbocycles. The lowest BCUT2D eigenvalue weighted by molar-refractivity contribution is 1.34. The van der Waals surface area contributed by atoms with Crippen LogP contribution in [-0.2, 0) is 0 Å². The van der Waals surface area contributed by atoms with E-state index in [2.05, 4.69) is 4.98 Å². The van der Waals surface area contributed by atoms with Crippen molar-refractivity contribution in [3.05, 3.63) is 40.4 Å². The fraction of sp³-hybridized carbons (Fsp3) is 0. The van der Waals surface area contributed by atoms with Gasteiger partial charge in [0, 0.05) is 21.2 Å². The molecular weight excluding hydrogens is 245 g/mol. The third-order valence-corrected chi connectivity index (χ3v) is 2.73. The molecule has 16 heavy (non-hydrogen) atoms. The van der Waals surface area contributed by atoms with Gasteiger partial charge < -0.3 is 11.5 Å². The van der Waals surface area contributed by atoms with Gasteiger partial charge in [-0.3, -0.25) is 0 Å². The minimum absolute atomic E-state index is 0.337. The number of pyridine rings is 1. The van der Waals surface area contributed by atoms with Crippen LogP contribution in [0.4, 0.5) is 11.6 Å². The number of hydrogen-bond donors (Lipinski definition) is 2. The molecule has 5 heteroatoms. The maximum atomic E-state index is 6.07. The van der Waals surface area contributed by atoms with Gasteiger partial charge in [-0.2, -0.15) is 0 Å². The number of rotatable bonds is 1. The van der Waals surface area contributed by atoms with Gasteiger partial charge in [-0.05, 0) is 30.3 Å². The van der Waals surface area contributed by atoms with Crippen LogP contribution in [0.25, 0.3) is 11.1 Å². The number of nitrogen functional groups attached to an aromatic ring is 2. The molecule has 0 aliphatic heterocycles.